The summed E-state index contributed by atoms with van der Waals surface area (Å²) in [5.41, 5.74) is 0. The standard InChI is InChI=1S/C10H13NS/c1-5-6-9-8(4)12-10(11-9)7(2)3/h5-7H,1,4H2,2-3H3/b9-6+. The van der Waals surface area contributed by atoms with Crippen molar-refractivity contribution in [2.45, 2.75) is 19.8 Å². The number of hydrogen-bond acceptors (Lipinski definition) is 2. The Labute approximate surface area is 76.8 Å². The average Bonchev–Trinajstić information content (AvgIpc) is 2.34. The van der Waals surface area contributed by atoms with Crippen molar-refractivity contribution >= 4 is 24.0 Å². The van der Waals surface area contributed by atoms with E-state index in [0.717, 1.165) is 14.9 Å². The van der Waals surface area contributed by atoms with Crippen LogP contribution in [0.25, 0.3) is 12.7 Å². The second-order valence-corrected chi connectivity index (χ2v) is 4.03. The van der Waals surface area contributed by atoms with E-state index in [1.165, 1.54) is 0 Å². The number of aromatic nitrogens is 1. The van der Waals surface area contributed by atoms with Gasteiger partial charge in [0, 0.05) is 10.5 Å². The van der Waals surface area contributed by atoms with Crippen molar-refractivity contribution in [1.29, 1.82) is 0 Å². The third kappa shape index (κ3) is 1.83. The van der Waals surface area contributed by atoms with Gasteiger partial charge in [0.15, 0.2) is 0 Å². The summed E-state index contributed by atoms with van der Waals surface area (Å²) in [6, 6.07) is 0. The molecule has 0 atom stereocenters. The quantitative estimate of drug-likeness (QED) is 0.672. The van der Waals surface area contributed by atoms with E-state index in [-0.39, 0.29) is 0 Å². The number of allylic oxidation sites excluding steroid dienone is 1. The monoisotopic (exact) mass is 179 g/mol. The molecule has 0 radical (unpaired) electrons. The molecule has 0 fully saturated rings. The van der Waals surface area contributed by atoms with Crippen LogP contribution in [0.1, 0.15) is 24.8 Å². The molecule has 0 bridgehead atoms. The lowest BCUT2D eigenvalue weighted by Gasteiger charge is -1.94. The van der Waals surface area contributed by atoms with Crippen molar-refractivity contribution in [1.82, 2.24) is 4.98 Å². The van der Waals surface area contributed by atoms with Gasteiger partial charge in [-0.2, -0.15) is 0 Å². The van der Waals surface area contributed by atoms with Crippen LogP contribution in [0.15, 0.2) is 12.7 Å². The third-order valence-electron chi connectivity index (χ3n) is 1.51. The molecule has 0 aliphatic carbocycles. The largest absolute Gasteiger partial charge is 0.241 e. The molecule has 0 amide bonds. The number of hydrogen-bond donors (Lipinski definition) is 0. The van der Waals surface area contributed by atoms with Crippen molar-refractivity contribution in [3.63, 3.8) is 0 Å². The Hall–Kier alpha value is -0.890. The first kappa shape index (κ1) is 9.20. The molecule has 1 aromatic heterocycles. The zero-order chi connectivity index (χ0) is 9.14. The lowest BCUT2D eigenvalue weighted by Crippen LogP contribution is -2.18. The van der Waals surface area contributed by atoms with Gasteiger partial charge in [0.25, 0.3) is 0 Å². The number of nitrogens with zero attached hydrogens (tertiary/aromatic N) is 1. The maximum absolute atomic E-state index is 4.43. The van der Waals surface area contributed by atoms with Crippen LogP contribution >= 0.6 is 11.3 Å². The molecule has 0 aliphatic heterocycles. The van der Waals surface area contributed by atoms with Crippen LogP contribution in [-0.2, 0) is 0 Å². The highest BCUT2D eigenvalue weighted by Gasteiger charge is 2.02. The van der Waals surface area contributed by atoms with Gasteiger partial charge >= 0.3 is 0 Å². The zero-order valence-corrected chi connectivity index (χ0v) is 8.32. The summed E-state index contributed by atoms with van der Waals surface area (Å²) >= 11 is 1.66. The molecule has 1 rings (SSSR count). The van der Waals surface area contributed by atoms with Crippen LogP contribution in [0.5, 0.6) is 0 Å². The van der Waals surface area contributed by atoms with Crippen LogP contribution in [0.4, 0.5) is 0 Å². The van der Waals surface area contributed by atoms with Crippen molar-refractivity contribution in [3.05, 3.63) is 27.5 Å². The molecular weight excluding hydrogens is 166 g/mol. The third-order valence-corrected chi connectivity index (χ3v) is 2.74. The lowest BCUT2D eigenvalue weighted by molar-refractivity contribution is 0.848. The minimum absolute atomic E-state index is 0.488. The van der Waals surface area contributed by atoms with Crippen LogP contribution in [0.3, 0.4) is 0 Å². The molecule has 0 unspecified atom stereocenters. The van der Waals surface area contributed by atoms with Gasteiger partial charge in [-0.1, -0.05) is 33.1 Å². The van der Waals surface area contributed by atoms with Gasteiger partial charge in [0.2, 0.25) is 0 Å². The van der Waals surface area contributed by atoms with E-state index in [9.17, 15) is 0 Å². The summed E-state index contributed by atoms with van der Waals surface area (Å²) in [4.78, 5) is 4.43. The number of thiazole rings is 1. The highest BCUT2D eigenvalue weighted by molar-refractivity contribution is 7.09. The predicted octanol–water partition coefficient (Wildman–Crippen LogP) is 1.64. The molecule has 0 spiro atoms. The van der Waals surface area contributed by atoms with E-state index < -0.39 is 0 Å². The van der Waals surface area contributed by atoms with E-state index in [0.29, 0.717) is 5.92 Å². The van der Waals surface area contributed by atoms with E-state index in [4.69, 9.17) is 0 Å². The van der Waals surface area contributed by atoms with Gasteiger partial charge in [0.05, 0.1) is 10.4 Å². The summed E-state index contributed by atoms with van der Waals surface area (Å²) in [5, 5.41) is 2.10. The fraction of sp³-hybridized carbons (Fsp3) is 0.300. The Morgan fingerprint density at radius 3 is 2.58 bits per heavy atom. The fourth-order valence-electron chi connectivity index (χ4n) is 0.871. The average molecular weight is 179 g/mol. The first-order chi connectivity index (χ1) is 5.65. The first-order valence-electron chi connectivity index (χ1n) is 3.93. The van der Waals surface area contributed by atoms with E-state index >= 15 is 0 Å². The second kappa shape index (κ2) is 3.68. The normalized spacial score (nSPS) is 12.4. The minimum atomic E-state index is 0.488. The maximum atomic E-state index is 4.43. The smallest absolute Gasteiger partial charge is 0.0963 e. The second-order valence-electron chi connectivity index (χ2n) is 2.92. The molecule has 0 aromatic carbocycles. The Bertz CT molecular complexity index is 373. The molecular formula is C10H13NS. The SMILES string of the molecule is C=C/C=c1/nc(C(C)C)sc1=C. The molecule has 12 heavy (non-hydrogen) atoms. The van der Waals surface area contributed by atoms with Crippen molar-refractivity contribution in [2.24, 2.45) is 0 Å². The van der Waals surface area contributed by atoms with Crippen LogP contribution in [-0.4, -0.2) is 4.98 Å². The Balaban J connectivity index is 3.27. The molecule has 0 N–H and O–H groups in total. The zero-order valence-electron chi connectivity index (χ0n) is 7.50. The Morgan fingerprint density at radius 1 is 1.50 bits per heavy atom. The van der Waals surface area contributed by atoms with E-state index in [1.807, 2.05) is 6.08 Å². The molecule has 1 nitrogen and oxygen atoms in total. The van der Waals surface area contributed by atoms with Gasteiger partial charge in [-0.25, -0.2) is 4.98 Å². The van der Waals surface area contributed by atoms with Crippen molar-refractivity contribution in [3.8, 4) is 0 Å². The lowest BCUT2D eigenvalue weighted by atomic mass is 10.2. The van der Waals surface area contributed by atoms with Crippen molar-refractivity contribution in [2.75, 3.05) is 0 Å². The fourth-order valence-corrected chi connectivity index (χ4v) is 1.72. The summed E-state index contributed by atoms with van der Waals surface area (Å²) < 4.78 is 1.03. The van der Waals surface area contributed by atoms with Crippen LogP contribution < -0.4 is 9.88 Å². The number of rotatable bonds is 2. The molecule has 64 valence electrons. The van der Waals surface area contributed by atoms with Gasteiger partial charge in [-0.3, -0.25) is 0 Å². The molecule has 2 heteroatoms. The summed E-state index contributed by atoms with van der Waals surface area (Å²) in [6.07, 6.45) is 3.64. The van der Waals surface area contributed by atoms with Crippen molar-refractivity contribution < 1.29 is 0 Å². The van der Waals surface area contributed by atoms with Crippen LogP contribution in [0.2, 0.25) is 0 Å². The summed E-state index contributed by atoms with van der Waals surface area (Å²) in [6.45, 7) is 11.8. The predicted molar refractivity (Wildman–Crippen MR) is 55.6 cm³/mol. The first-order valence-corrected chi connectivity index (χ1v) is 4.75. The summed E-state index contributed by atoms with van der Waals surface area (Å²) in [5.74, 6) is 0.488. The molecule has 0 aliphatic rings. The highest BCUT2D eigenvalue weighted by Crippen LogP contribution is 2.10. The Kier molecular flexibility index (Phi) is 2.82. The van der Waals surface area contributed by atoms with Gasteiger partial charge < -0.3 is 0 Å². The molecule has 0 saturated heterocycles. The minimum Gasteiger partial charge on any atom is -0.241 e. The molecule has 1 aromatic rings. The highest BCUT2D eigenvalue weighted by atomic mass is 32.1. The van der Waals surface area contributed by atoms with Gasteiger partial charge in [-0.15, -0.1) is 11.3 Å². The van der Waals surface area contributed by atoms with E-state index in [1.54, 1.807) is 17.4 Å². The molecule has 0 saturated carbocycles. The molecule has 1 heterocycles. The van der Waals surface area contributed by atoms with Gasteiger partial charge in [-0.05, 0) is 6.08 Å². The van der Waals surface area contributed by atoms with E-state index in [2.05, 4.69) is 32.0 Å². The maximum Gasteiger partial charge on any atom is 0.0963 e. The van der Waals surface area contributed by atoms with Gasteiger partial charge in [0.1, 0.15) is 0 Å². The Morgan fingerprint density at radius 2 is 2.17 bits per heavy atom. The summed E-state index contributed by atoms with van der Waals surface area (Å²) in [7, 11) is 0. The topological polar surface area (TPSA) is 12.9 Å². The van der Waals surface area contributed by atoms with Crippen LogP contribution in [0, 0.1) is 0 Å².